The van der Waals surface area contributed by atoms with Crippen molar-refractivity contribution in [3.8, 4) is 0 Å². The van der Waals surface area contributed by atoms with Gasteiger partial charge >= 0.3 is 5.63 Å². The molecule has 162 valence electrons. The largest absolute Gasteiger partial charge is 0.380 e. The molecule has 3 aromatic rings. The molecular formula is C24H26N2O5. The maximum absolute atomic E-state index is 13.3. The van der Waals surface area contributed by atoms with Gasteiger partial charge in [0.05, 0.1) is 11.1 Å². The van der Waals surface area contributed by atoms with Gasteiger partial charge in [0, 0.05) is 22.9 Å². The van der Waals surface area contributed by atoms with Crippen LogP contribution in [0, 0.1) is 12.3 Å². The molecular weight excluding hydrogens is 396 g/mol. The number of carbonyl (C=O) groups is 2. The number of fused-ring (bicyclic) bond motifs is 1. The van der Waals surface area contributed by atoms with Gasteiger partial charge in [-0.05, 0) is 44.0 Å². The van der Waals surface area contributed by atoms with E-state index in [1.165, 1.54) is 6.92 Å². The number of nitrogens with zero attached hydrogens (tertiary/aromatic N) is 1. The topological polar surface area (TPSA) is 110 Å². The molecule has 31 heavy (non-hydrogen) atoms. The Labute approximate surface area is 180 Å². The second-order valence-electron chi connectivity index (χ2n) is 8.58. The molecule has 7 nitrogen and oxygen atoms in total. The van der Waals surface area contributed by atoms with E-state index in [0.29, 0.717) is 22.2 Å². The Balaban J connectivity index is 1.96. The molecule has 0 aliphatic carbocycles. The van der Waals surface area contributed by atoms with Gasteiger partial charge in [-0.15, -0.1) is 0 Å². The van der Waals surface area contributed by atoms with Gasteiger partial charge in [0.2, 0.25) is 0 Å². The molecule has 0 aliphatic rings. The number of anilines is 1. The average Bonchev–Trinajstić information content (AvgIpc) is 2.71. The number of rotatable bonds is 7. The molecule has 0 fully saturated rings. The maximum Gasteiger partial charge on any atom is 0.366 e. The summed E-state index contributed by atoms with van der Waals surface area (Å²) >= 11 is 0. The summed E-state index contributed by atoms with van der Waals surface area (Å²) in [4.78, 5) is 37.2. The zero-order valence-electron chi connectivity index (χ0n) is 18.1. The van der Waals surface area contributed by atoms with E-state index < -0.39 is 22.5 Å². The van der Waals surface area contributed by atoms with E-state index in [2.05, 4.69) is 10.5 Å². The summed E-state index contributed by atoms with van der Waals surface area (Å²) in [6, 6.07) is 13.9. The number of aromatic nitrogens is 1. The number of benzene rings is 2. The lowest BCUT2D eigenvalue weighted by Gasteiger charge is -2.34. The number of aliphatic hydroxyl groups is 1. The Kier molecular flexibility index (Phi) is 6.08. The van der Waals surface area contributed by atoms with Crippen molar-refractivity contribution in [1.82, 2.24) is 5.16 Å². The molecule has 0 spiro atoms. The lowest BCUT2D eigenvalue weighted by atomic mass is 9.75. The van der Waals surface area contributed by atoms with Crippen LogP contribution in [0.4, 0.5) is 5.69 Å². The number of ketones is 1. The highest BCUT2D eigenvalue weighted by atomic mass is 16.5. The van der Waals surface area contributed by atoms with Crippen LogP contribution in [-0.2, 0) is 16.0 Å². The van der Waals surface area contributed by atoms with Gasteiger partial charge in [-0.1, -0.05) is 49.3 Å². The van der Waals surface area contributed by atoms with E-state index in [4.69, 9.17) is 4.52 Å². The SMILES string of the molecule is CC(=O)C(C)(C)CC(O)(Cc1ccccc1)C(=O)Nc1ccc2c(=O)onc(C)c2c1. The highest BCUT2D eigenvalue weighted by Crippen LogP contribution is 2.33. The molecule has 1 atom stereocenters. The number of carbonyl (C=O) groups excluding carboxylic acids is 2. The summed E-state index contributed by atoms with van der Waals surface area (Å²) in [6.07, 6.45) is 0.00193. The predicted molar refractivity (Wildman–Crippen MR) is 118 cm³/mol. The van der Waals surface area contributed by atoms with Crippen LogP contribution < -0.4 is 10.9 Å². The molecule has 0 saturated carbocycles. The quantitative estimate of drug-likeness (QED) is 0.604. The lowest BCUT2D eigenvalue weighted by molar-refractivity contribution is -0.141. The summed E-state index contributed by atoms with van der Waals surface area (Å²) < 4.78 is 4.73. The minimum Gasteiger partial charge on any atom is -0.380 e. The Morgan fingerprint density at radius 1 is 1.10 bits per heavy atom. The highest BCUT2D eigenvalue weighted by Gasteiger charge is 2.43. The number of hydrogen-bond donors (Lipinski definition) is 2. The summed E-state index contributed by atoms with van der Waals surface area (Å²) in [5, 5.41) is 18.8. The molecule has 1 unspecified atom stereocenters. The van der Waals surface area contributed by atoms with Gasteiger partial charge in [0.1, 0.15) is 11.4 Å². The Morgan fingerprint density at radius 2 is 1.77 bits per heavy atom. The van der Waals surface area contributed by atoms with Crippen LogP contribution >= 0.6 is 0 Å². The molecule has 0 radical (unpaired) electrons. The number of aryl methyl sites for hydroxylation is 1. The summed E-state index contributed by atoms with van der Waals surface area (Å²) in [6.45, 7) is 6.56. The molecule has 0 saturated heterocycles. The van der Waals surface area contributed by atoms with E-state index in [9.17, 15) is 19.5 Å². The van der Waals surface area contributed by atoms with Crippen LogP contribution in [0.3, 0.4) is 0 Å². The summed E-state index contributed by atoms with van der Waals surface area (Å²) in [5.74, 6) is -0.746. The minimum absolute atomic E-state index is 0.0478. The third-order valence-electron chi connectivity index (χ3n) is 5.60. The monoisotopic (exact) mass is 422 g/mol. The van der Waals surface area contributed by atoms with Gasteiger partial charge < -0.3 is 14.9 Å². The van der Waals surface area contributed by atoms with Gasteiger partial charge in [-0.25, -0.2) is 4.79 Å². The molecule has 1 amide bonds. The number of Topliss-reactive ketones (excluding diaryl/α,β-unsaturated/α-hetero) is 1. The van der Waals surface area contributed by atoms with E-state index in [0.717, 1.165) is 5.56 Å². The zero-order valence-corrected chi connectivity index (χ0v) is 18.1. The van der Waals surface area contributed by atoms with Crippen molar-refractivity contribution < 1.29 is 19.2 Å². The number of hydrogen-bond acceptors (Lipinski definition) is 6. The predicted octanol–water partition coefficient (Wildman–Crippen LogP) is 3.41. The second-order valence-corrected chi connectivity index (χ2v) is 8.58. The third kappa shape index (κ3) is 4.88. The third-order valence-corrected chi connectivity index (χ3v) is 5.60. The van der Waals surface area contributed by atoms with Crippen molar-refractivity contribution in [2.45, 2.75) is 46.1 Å². The van der Waals surface area contributed by atoms with Crippen LogP contribution in [0.5, 0.6) is 0 Å². The van der Waals surface area contributed by atoms with Crippen LogP contribution in [0.2, 0.25) is 0 Å². The Bertz CT molecular complexity index is 1180. The molecule has 2 N–H and O–H groups in total. The van der Waals surface area contributed by atoms with Crippen LogP contribution in [-0.4, -0.2) is 27.6 Å². The van der Waals surface area contributed by atoms with E-state index in [1.54, 1.807) is 39.0 Å². The molecule has 2 aromatic carbocycles. The summed E-state index contributed by atoms with van der Waals surface area (Å²) in [7, 11) is 0. The van der Waals surface area contributed by atoms with Crippen molar-refractivity contribution in [2.75, 3.05) is 5.32 Å². The maximum atomic E-state index is 13.3. The van der Waals surface area contributed by atoms with Crippen molar-refractivity contribution >= 4 is 28.2 Å². The van der Waals surface area contributed by atoms with E-state index in [-0.39, 0.29) is 18.6 Å². The fraction of sp³-hybridized carbons (Fsp3) is 0.333. The standard InChI is InChI=1S/C24H26N2O5/c1-15-20-12-18(10-11-19(20)21(28)31-26-15)25-22(29)24(30,14-23(3,4)16(2)27)13-17-8-6-5-7-9-17/h5-12,30H,13-14H2,1-4H3,(H,25,29). The van der Waals surface area contributed by atoms with Crippen molar-refractivity contribution in [3.05, 3.63) is 70.2 Å². The molecule has 1 heterocycles. The van der Waals surface area contributed by atoms with Crippen molar-refractivity contribution in [3.63, 3.8) is 0 Å². The average molecular weight is 422 g/mol. The smallest absolute Gasteiger partial charge is 0.366 e. The van der Waals surface area contributed by atoms with Gasteiger partial charge in [0.15, 0.2) is 0 Å². The summed E-state index contributed by atoms with van der Waals surface area (Å²) in [5.41, 5.74) is -1.61. The highest BCUT2D eigenvalue weighted by molar-refractivity contribution is 6.00. The van der Waals surface area contributed by atoms with Gasteiger partial charge in [0.25, 0.3) is 5.91 Å². The molecule has 0 bridgehead atoms. The lowest BCUT2D eigenvalue weighted by Crippen LogP contribution is -2.49. The Morgan fingerprint density at radius 3 is 2.42 bits per heavy atom. The van der Waals surface area contributed by atoms with Gasteiger partial charge in [-0.3, -0.25) is 9.59 Å². The van der Waals surface area contributed by atoms with Crippen molar-refractivity contribution in [2.24, 2.45) is 5.41 Å². The molecule has 7 heteroatoms. The fourth-order valence-electron chi connectivity index (χ4n) is 3.57. The van der Waals surface area contributed by atoms with Gasteiger partial charge in [-0.2, -0.15) is 0 Å². The number of nitrogens with one attached hydrogen (secondary N) is 1. The number of amides is 1. The van der Waals surface area contributed by atoms with E-state index >= 15 is 0 Å². The first kappa shape index (κ1) is 22.4. The fourth-order valence-corrected chi connectivity index (χ4v) is 3.57. The van der Waals surface area contributed by atoms with Crippen LogP contribution in [0.1, 0.15) is 38.4 Å². The molecule has 1 aromatic heterocycles. The molecule has 3 rings (SSSR count). The zero-order chi connectivity index (χ0) is 22.8. The normalized spacial score (nSPS) is 13.6. The molecule has 0 aliphatic heterocycles. The second kappa shape index (κ2) is 8.43. The first-order chi connectivity index (χ1) is 14.5. The first-order valence-corrected chi connectivity index (χ1v) is 10.0. The van der Waals surface area contributed by atoms with Crippen LogP contribution in [0.15, 0.2) is 57.8 Å². The first-order valence-electron chi connectivity index (χ1n) is 10.0. The van der Waals surface area contributed by atoms with Crippen molar-refractivity contribution in [1.29, 1.82) is 0 Å². The Hall–Kier alpha value is -3.32. The minimum atomic E-state index is -1.82. The van der Waals surface area contributed by atoms with E-state index in [1.807, 2.05) is 30.3 Å². The van der Waals surface area contributed by atoms with Crippen LogP contribution in [0.25, 0.3) is 10.8 Å².